The van der Waals surface area contributed by atoms with Crippen molar-refractivity contribution in [3.63, 3.8) is 0 Å². The Labute approximate surface area is 173 Å². The molecule has 8 heteroatoms. The zero-order valence-corrected chi connectivity index (χ0v) is 16.8. The normalized spacial score (nSPS) is 14.6. The molecule has 3 rings (SSSR count). The molecule has 0 aromatic heterocycles. The molecule has 0 saturated carbocycles. The van der Waals surface area contributed by atoms with Crippen LogP contribution < -0.4 is 4.74 Å². The Morgan fingerprint density at radius 3 is 2.13 bits per heavy atom. The molecule has 1 heterocycles. The summed E-state index contributed by atoms with van der Waals surface area (Å²) in [7, 11) is 0. The fourth-order valence-electron chi connectivity index (χ4n) is 3.25. The molecule has 1 saturated heterocycles. The standard InChI is InChI=1S/C22H23F3N2O3/c1-15-4-3-5-19(16(15)2)30-14-20(28)26-10-12-27(13-11-26)21(29)17-6-8-18(9-7-17)22(23,24)25/h3-9H,10-14H2,1-2H3. The summed E-state index contributed by atoms with van der Waals surface area (Å²) in [6.07, 6.45) is -4.44. The van der Waals surface area contributed by atoms with Gasteiger partial charge in [0.05, 0.1) is 5.56 Å². The largest absolute Gasteiger partial charge is 0.483 e. The topological polar surface area (TPSA) is 49.9 Å². The molecule has 0 unspecified atom stereocenters. The predicted molar refractivity (Wildman–Crippen MR) is 105 cm³/mol. The van der Waals surface area contributed by atoms with Gasteiger partial charge in [-0.25, -0.2) is 0 Å². The smallest absolute Gasteiger partial charge is 0.416 e. The molecule has 0 aliphatic carbocycles. The molecule has 2 amide bonds. The van der Waals surface area contributed by atoms with E-state index in [9.17, 15) is 22.8 Å². The van der Waals surface area contributed by atoms with Crippen LogP contribution in [0.3, 0.4) is 0 Å². The van der Waals surface area contributed by atoms with E-state index >= 15 is 0 Å². The summed E-state index contributed by atoms with van der Waals surface area (Å²) in [6, 6.07) is 9.82. The lowest BCUT2D eigenvalue weighted by molar-refractivity contribution is -0.137. The van der Waals surface area contributed by atoms with Gasteiger partial charge in [0.15, 0.2) is 6.61 Å². The average Bonchev–Trinajstić information content (AvgIpc) is 2.73. The average molecular weight is 420 g/mol. The zero-order chi connectivity index (χ0) is 21.9. The molecule has 0 spiro atoms. The van der Waals surface area contributed by atoms with Gasteiger partial charge in [-0.05, 0) is 55.3 Å². The predicted octanol–water partition coefficient (Wildman–Crippen LogP) is 3.69. The van der Waals surface area contributed by atoms with Crippen LogP contribution in [0.4, 0.5) is 13.2 Å². The van der Waals surface area contributed by atoms with Crippen molar-refractivity contribution in [1.29, 1.82) is 0 Å². The molecule has 0 N–H and O–H groups in total. The first-order valence-electron chi connectivity index (χ1n) is 9.60. The number of piperazine rings is 1. The van der Waals surface area contributed by atoms with Gasteiger partial charge < -0.3 is 14.5 Å². The van der Waals surface area contributed by atoms with Gasteiger partial charge in [-0.3, -0.25) is 9.59 Å². The highest BCUT2D eigenvalue weighted by molar-refractivity contribution is 5.94. The van der Waals surface area contributed by atoms with Crippen molar-refractivity contribution in [2.75, 3.05) is 32.8 Å². The number of hydrogen-bond acceptors (Lipinski definition) is 3. The van der Waals surface area contributed by atoms with Crippen LogP contribution in [-0.4, -0.2) is 54.4 Å². The lowest BCUT2D eigenvalue weighted by Crippen LogP contribution is -2.51. The number of ether oxygens (including phenoxy) is 1. The molecule has 1 aliphatic heterocycles. The van der Waals surface area contributed by atoms with Crippen LogP contribution in [0, 0.1) is 13.8 Å². The van der Waals surface area contributed by atoms with Crippen molar-refractivity contribution in [2.24, 2.45) is 0 Å². The van der Waals surface area contributed by atoms with Crippen molar-refractivity contribution in [1.82, 2.24) is 9.80 Å². The van der Waals surface area contributed by atoms with Gasteiger partial charge in [-0.1, -0.05) is 12.1 Å². The highest BCUT2D eigenvalue weighted by atomic mass is 19.4. The van der Waals surface area contributed by atoms with Gasteiger partial charge in [0, 0.05) is 31.7 Å². The van der Waals surface area contributed by atoms with E-state index in [1.54, 1.807) is 4.90 Å². The van der Waals surface area contributed by atoms with Gasteiger partial charge in [0.2, 0.25) is 0 Å². The zero-order valence-electron chi connectivity index (χ0n) is 16.8. The Morgan fingerprint density at radius 2 is 1.53 bits per heavy atom. The molecule has 30 heavy (non-hydrogen) atoms. The molecule has 160 valence electrons. The minimum absolute atomic E-state index is 0.0862. The van der Waals surface area contributed by atoms with Crippen LogP contribution in [0.15, 0.2) is 42.5 Å². The summed E-state index contributed by atoms with van der Waals surface area (Å²) in [6.45, 7) is 5.14. The fourth-order valence-corrected chi connectivity index (χ4v) is 3.25. The first-order chi connectivity index (χ1) is 14.2. The summed E-state index contributed by atoms with van der Waals surface area (Å²) in [5.41, 5.74) is 1.46. The number of benzene rings is 2. The summed E-state index contributed by atoms with van der Waals surface area (Å²) < 4.78 is 43.6. The van der Waals surface area contributed by atoms with Crippen LogP contribution >= 0.6 is 0 Å². The minimum atomic E-state index is -4.44. The summed E-state index contributed by atoms with van der Waals surface area (Å²) in [5.74, 6) is 0.152. The van der Waals surface area contributed by atoms with E-state index in [1.807, 2.05) is 32.0 Å². The van der Waals surface area contributed by atoms with E-state index in [0.717, 1.165) is 23.3 Å². The molecule has 1 aliphatic rings. The van der Waals surface area contributed by atoms with E-state index in [0.29, 0.717) is 31.9 Å². The SMILES string of the molecule is Cc1cccc(OCC(=O)N2CCN(C(=O)c3ccc(C(F)(F)F)cc3)CC2)c1C. The minimum Gasteiger partial charge on any atom is -0.483 e. The highest BCUT2D eigenvalue weighted by Gasteiger charge is 2.31. The highest BCUT2D eigenvalue weighted by Crippen LogP contribution is 2.29. The molecule has 2 aromatic rings. The van der Waals surface area contributed by atoms with Crippen LogP contribution in [0.5, 0.6) is 5.75 Å². The summed E-state index contributed by atoms with van der Waals surface area (Å²) in [4.78, 5) is 28.1. The maximum absolute atomic E-state index is 12.7. The van der Waals surface area contributed by atoms with Crippen molar-refractivity contribution in [3.8, 4) is 5.75 Å². The number of amides is 2. The number of nitrogens with zero attached hydrogens (tertiary/aromatic N) is 2. The molecule has 0 bridgehead atoms. The third-order valence-electron chi connectivity index (χ3n) is 5.28. The van der Waals surface area contributed by atoms with E-state index < -0.39 is 11.7 Å². The lowest BCUT2D eigenvalue weighted by atomic mass is 10.1. The number of carbonyl (C=O) groups is 2. The van der Waals surface area contributed by atoms with Gasteiger partial charge >= 0.3 is 6.18 Å². The molecule has 5 nitrogen and oxygen atoms in total. The summed E-state index contributed by atoms with van der Waals surface area (Å²) >= 11 is 0. The number of halogens is 3. The van der Waals surface area contributed by atoms with Crippen molar-refractivity contribution in [2.45, 2.75) is 20.0 Å². The van der Waals surface area contributed by atoms with Crippen molar-refractivity contribution in [3.05, 3.63) is 64.7 Å². The van der Waals surface area contributed by atoms with Gasteiger partial charge in [-0.15, -0.1) is 0 Å². The molecular formula is C22H23F3N2O3. The second-order valence-corrected chi connectivity index (χ2v) is 7.23. The third kappa shape index (κ3) is 4.93. The molecular weight excluding hydrogens is 397 g/mol. The van der Waals surface area contributed by atoms with Crippen molar-refractivity contribution < 1.29 is 27.5 Å². The monoisotopic (exact) mass is 420 g/mol. The van der Waals surface area contributed by atoms with E-state index in [2.05, 4.69) is 0 Å². The second kappa shape index (κ2) is 8.77. The molecule has 0 radical (unpaired) electrons. The number of alkyl halides is 3. The van der Waals surface area contributed by atoms with E-state index in [-0.39, 0.29) is 24.0 Å². The Balaban J connectivity index is 1.52. The van der Waals surface area contributed by atoms with Crippen molar-refractivity contribution >= 4 is 11.8 Å². The first kappa shape index (κ1) is 21.7. The maximum atomic E-state index is 12.7. The van der Waals surface area contributed by atoms with Gasteiger partial charge in [0.1, 0.15) is 5.75 Å². The molecule has 2 aromatic carbocycles. The van der Waals surface area contributed by atoms with Crippen LogP contribution in [-0.2, 0) is 11.0 Å². The number of aryl methyl sites for hydroxylation is 1. The van der Waals surface area contributed by atoms with E-state index in [4.69, 9.17) is 4.74 Å². The maximum Gasteiger partial charge on any atom is 0.416 e. The van der Waals surface area contributed by atoms with Gasteiger partial charge in [0.25, 0.3) is 11.8 Å². The lowest BCUT2D eigenvalue weighted by Gasteiger charge is -2.34. The first-order valence-corrected chi connectivity index (χ1v) is 9.60. The quantitative estimate of drug-likeness (QED) is 0.758. The molecule has 0 atom stereocenters. The fraction of sp³-hybridized carbons (Fsp3) is 0.364. The second-order valence-electron chi connectivity index (χ2n) is 7.23. The van der Waals surface area contributed by atoms with Crippen LogP contribution in [0.1, 0.15) is 27.0 Å². The van der Waals surface area contributed by atoms with Crippen LogP contribution in [0.25, 0.3) is 0 Å². The number of carbonyl (C=O) groups excluding carboxylic acids is 2. The Kier molecular flexibility index (Phi) is 6.34. The molecule has 1 fully saturated rings. The number of hydrogen-bond donors (Lipinski definition) is 0. The Bertz CT molecular complexity index is 918. The third-order valence-corrected chi connectivity index (χ3v) is 5.28. The van der Waals surface area contributed by atoms with Crippen LogP contribution in [0.2, 0.25) is 0 Å². The van der Waals surface area contributed by atoms with E-state index in [1.165, 1.54) is 17.0 Å². The Hall–Kier alpha value is -3.03. The Morgan fingerprint density at radius 1 is 0.933 bits per heavy atom. The number of rotatable bonds is 4. The van der Waals surface area contributed by atoms with Gasteiger partial charge in [-0.2, -0.15) is 13.2 Å². The summed E-state index contributed by atoms with van der Waals surface area (Å²) in [5, 5.41) is 0.